The van der Waals surface area contributed by atoms with Crippen molar-refractivity contribution in [2.24, 2.45) is 12.0 Å². The summed E-state index contributed by atoms with van der Waals surface area (Å²) in [7, 11) is 3.88. The highest BCUT2D eigenvalue weighted by Gasteiger charge is 2.29. The van der Waals surface area contributed by atoms with Crippen LogP contribution in [-0.4, -0.2) is 46.1 Å². The summed E-state index contributed by atoms with van der Waals surface area (Å²) in [6.07, 6.45) is 1.11. The van der Waals surface area contributed by atoms with E-state index in [4.69, 9.17) is 4.98 Å². The van der Waals surface area contributed by atoms with Crippen molar-refractivity contribution in [1.29, 1.82) is 0 Å². The fourth-order valence-corrected chi connectivity index (χ4v) is 4.15. The van der Waals surface area contributed by atoms with Gasteiger partial charge in [0.25, 0.3) is 0 Å². The summed E-state index contributed by atoms with van der Waals surface area (Å²) in [4.78, 5) is 11.7. The van der Waals surface area contributed by atoms with Crippen LogP contribution in [0.5, 0.6) is 0 Å². The smallest absolute Gasteiger partial charge is 0.191 e. The molecule has 1 fully saturated rings. The van der Waals surface area contributed by atoms with E-state index in [0.717, 1.165) is 42.3 Å². The monoisotopic (exact) mass is 518 g/mol. The number of likely N-dealkylation sites (tertiary alicyclic amines) is 1. The van der Waals surface area contributed by atoms with E-state index in [-0.39, 0.29) is 24.0 Å². The molecule has 30 heavy (non-hydrogen) atoms. The predicted octanol–water partition coefficient (Wildman–Crippen LogP) is 3.52. The van der Waals surface area contributed by atoms with E-state index in [1.165, 1.54) is 5.56 Å². The number of aromatic nitrogens is 2. The number of nitrogens with zero attached hydrogens (tertiary/aromatic N) is 4. The molecule has 4 rings (SSSR count). The maximum Gasteiger partial charge on any atom is 0.191 e. The lowest BCUT2D eigenvalue weighted by Gasteiger charge is -2.21. The second kappa shape index (κ2) is 10.3. The first-order valence-electron chi connectivity index (χ1n) is 10.3. The van der Waals surface area contributed by atoms with Gasteiger partial charge in [0.05, 0.1) is 17.6 Å². The molecule has 1 aliphatic rings. The van der Waals surface area contributed by atoms with Gasteiger partial charge in [-0.15, -0.1) is 24.0 Å². The van der Waals surface area contributed by atoms with Gasteiger partial charge in [-0.2, -0.15) is 0 Å². The van der Waals surface area contributed by atoms with Crippen LogP contribution in [0, 0.1) is 0 Å². The number of aryl methyl sites for hydroxylation is 1. The van der Waals surface area contributed by atoms with Crippen molar-refractivity contribution in [2.75, 3.05) is 13.6 Å². The molecule has 2 aromatic carbocycles. The van der Waals surface area contributed by atoms with Gasteiger partial charge in [0.2, 0.25) is 0 Å². The highest BCUT2D eigenvalue weighted by Crippen LogP contribution is 2.20. The first-order valence-corrected chi connectivity index (χ1v) is 10.3. The summed E-state index contributed by atoms with van der Waals surface area (Å²) >= 11 is 0. The highest BCUT2D eigenvalue weighted by atomic mass is 127. The second-order valence-electron chi connectivity index (χ2n) is 7.84. The molecule has 2 N–H and O–H groups in total. The van der Waals surface area contributed by atoms with Gasteiger partial charge in [0.15, 0.2) is 5.96 Å². The number of rotatable bonds is 5. The number of imidazole rings is 1. The number of guanidine groups is 1. The van der Waals surface area contributed by atoms with Crippen molar-refractivity contribution in [3.05, 3.63) is 66.0 Å². The van der Waals surface area contributed by atoms with E-state index in [2.05, 4.69) is 75.5 Å². The minimum atomic E-state index is 0. The number of para-hydroxylation sites is 2. The van der Waals surface area contributed by atoms with Crippen molar-refractivity contribution in [1.82, 2.24) is 25.1 Å². The largest absolute Gasteiger partial charge is 0.352 e. The normalized spacial score (nSPS) is 19.6. The Kier molecular flexibility index (Phi) is 7.71. The predicted molar refractivity (Wildman–Crippen MR) is 134 cm³/mol. The average Bonchev–Trinajstić information content (AvgIpc) is 3.25. The highest BCUT2D eigenvalue weighted by molar-refractivity contribution is 14.0. The van der Waals surface area contributed by atoms with Crippen molar-refractivity contribution >= 4 is 41.0 Å². The van der Waals surface area contributed by atoms with E-state index in [1.54, 1.807) is 0 Å². The van der Waals surface area contributed by atoms with Gasteiger partial charge < -0.3 is 15.2 Å². The molecule has 0 amide bonds. The standard InChI is InChI=1S/C23H30N6.HI/c1-17-13-19(16-29(17)15-18-9-5-4-6-10-18)26-23(24-2)25-14-22-27-20-11-7-8-12-21(20)28(22)3;/h4-12,17,19H,13-16H2,1-3H3,(H2,24,25,26);1H. The van der Waals surface area contributed by atoms with Crippen LogP contribution < -0.4 is 10.6 Å². The molecule has 6 nitrogen and oxygen atoms in total. The molecule has 7 heteroatoms. The molecule has 2 atom stereocenters. The van der Waals surface area contributed by atoms with E-state index in [1.807, 2.05) is 25.2 Å². The lowest BCUT2D eigenvalue weighted by Crippen LogP contribution is -2.44. The van der Waals surface area contributed by atoms with Crippen molar-refractivity contribution in [2.45, 2.75) is 38.5 Å². The zero-order valence-electron chi connectivity index (χ0n) is 17.9. The van der Waals surface area contributed by atoms with Crippen molar-refractivity contribution in [3.8, 4) is 0 Å². The Morgan fingerprint density at radius 1 is 1.13 bits per heavy atom. The molecule has 1 saturated heterocycles. The Balaban J connectivity index is 0.00000256. The van der Waals surface area contributed by atoms with Crippen molar-refractivity contribution < 1.29 is 0 Å². The molecule has 2 heterocycles. The van der Waals surface area contributed by atoms with Crippen LogP contribution in [0.3, 0.4) is 0 Å². The van der Waals surface area contributed by atoms with Gasteiger partial charge in [0, 0.05) is 39.3 Å². The molecule has 0 spiro atoms. The third kappa shape index (κ3) is 5.13. The summed E-state index contributed by atoms with van der Waals surface area (Å²) in [5.74, 6) is 1.83. The van der Waals surface area contributed by atoms with Gasteiger partial charge >= 0.3 is 0 Å². The van der Waals surface area contributed by atoms with E-state index in [0.29, 0.717) is 18.6 Å². The lowest BCUT2D eigenvalue weighted by molar-refractivity contribution is 0.258. The number of benzene rings is 2. The molecule has 2 unspecified atom stereocenters. The SMILES string of the molecule is CN=C(NCc1nc2ccccc2n1C)NC1CC(C)N(Cc2ccccc2)C1.I. The number of hydrogen-bond donors (Lipinski definition) is 2. The minimum Gasteiger partial charge on any atom is -0.352 e. The number of hydrogen-bond acceptors (Lipinski definition) is 3. The van der Waals surface area contributed by atoms with Gasteiger partial charge in [-0.3, -0.25) is 9.89 Å². The van der Waals surface area contributed by atoms with Crippen LogP contribution in [-0.2, 0) is 20.1 Å². The first-order chi connectivity index (χ1) is 14.1. The first kappa shape index (κ1) is 22.6. The average molecular weight is 518 g/mol. The van der Waals surface area contributed by atoms with Crippen LogP contribution >= 0.6 is 24.0 Å². The molecule has 0 saturated carbocycles. The maximum absolute atomic E-state index is 4.73. The van der Waals surface area contributed by atoms with Gasteiger partial charge in [0.1, 0.15) is 5.82 Å². The topological polar surface area (TPSA) is 57.5 Å². The number of fused-ring (bicyclic) bond motifs is 1. The Hall–Kier alpha value is -2.13. The van der Waals surface area contributed by atoms with E-state index in [9.17, 15) is 0 Å². The van der Waals surface area contributed by atoms with Crippen LogP contribution in [0.1, 0.15) is 24.7 Å². The third-order valence-electron chi connectivity index (χ3n) is 5.79. The molecular weight excluding hydrogens is 487 g/mol. The third-order valence-corrected chi connectivity index (χ3v) is 5.79. The quantitative estimate of drug-likeness (QED) is 0.309. The summed E-state index contributed by atoms with van der Waals surface area (Å²) in [5, 5.41) is 7.03. The van der Waals surface area contributed by atoms with Gasteiger partial charge in [-0.05, 0) is 31.0 Å². The summed E-state index contributed by atoms with van der Waals surface area (Å²) in [6, 6.07) is 19.8. The van der Waals surface area contributed by atoms with Crippen LogP contribution in [0.2, 0.25) is 0 Å². The summed E-state index contributed by atoms with van der Waals surface area (Å²) < 4.78 is 2.13. The number of aliphatic imine (C=N–C) groups is 1. The summed E-state index contributed by atoms with van der Waals surface area (Å²) in [5.41, 5.74) is 3.54. The molecule has 0 aliphatic carbocycles. The van der Waals surface area contributed by atoms with E-state index < -0.39 is 0 Å². The Labute approximate surface area is 195 Å². The van der Waals surface area contributed by atoms with Crippen molar-refractivity contribution in [3.63, 3.8) is 0 Å². The zero-order chi connectivity index (χ0) is 20.2. The molecule has 3 aromatic rings. The van der Waals surface area contributed by atoms with Crippen LogP contribution in [0.4, 0.5) is 0 Å². The lowest BCUT2D eigenvalue weighted by atomic mass is 10.2. The fourth-order valence-electron chi connectivity index (χ4n) is 4.15. The molecule has 0 radical (unpaired) electrons. The van der Waals surface area contributed by atoms with E-state index >= 15 is 0 Å². The van der Waals surface area contributed by atoms with Gasteiger partial charge in [-0.25, -0.2) is 4.98 Å². The Bertz CT molecular complexity index is 984. The minimum absolute atomic E-state index is 0. The summed E-state index contributed by atoms with van der Waals surface area (Å²) in [6.45, 7) is 4.95. The number of halogens is 1. The number of nitrogens with one attached hydrogen (secondary N) is 2. The molecule has 1 aliphatic heterocycles. The molecule has 0 bridgehead atoms. The molecular formula is C23H31IN6. The Morgan fingerprint density at radius 2 is 1.87 bits per heavy atom. The fraction of sp³-hybridized carbons (Fsp3) is 0.391. The van der Waals surface area contributed by atoms with Gasteiger partial charge in [-0.1, -0.05) is 42.5 Å². The Morgan fingerprint density at radius 3 is 2.60 bits per heavy atom. The molecule has 160 valence electrons. The molecule has 1 aromatic heterocycles. The van der Waals surface area contributed by atoms with Crippen LogP contribution in [0.25, 0.3) is 11.0 Å². The van der Waals surface area contributed by atoms with Crippen LogP contribution in [0.15, 0.2) is 59.6 Å². The second-order valence-corrected chi connectivity index (χ2v) is 7.84. The maximum atomic E-state index is 4.73. The zero-order valence-corrected chi connectivity index (χ0v) is 20.2.